The van der Waals surface area contributed by atoms with Gasteiger partial charge in [-0.2, -0.15) is 5.10 Å². The van der Waals surface area contributed by atoms with Crippen molar-refractivity contribution in [3.63, 3.8) is 0 Å². The maximum Gasteiger partial charge on any atom is 0.320 e. The minimum Gasteiger partial charge on any atom is -0.334 e. The Bertz CT molecular complexity index is 1720. The van der Waals surface area contributed by atoms with Crippen molar-refractivity contribution < 1.29 is 4.79 Å². The van der Waals surface area contributed by atoms with Gasteiger partial charge in [-0.1, -0.05) is 87.8 Å². The number of aromatic nitrogens is 5. The van der Waals surface area contributed by atoms with E-state index in [1.54, 1.807) is 28.6 Å². The summed E-state index contributed by atoms with van der Waals surface area (Å²) in [7, 11) is 0. The van der Waals surface area contributed by atoms with Crippen LogP contribution in [0.25, 0.3) is 11.3 Å². The van der Waals surface area contributed by atoms with E-state index in [2.05, 4.69) is 61.6 Å². The lowest BCUT2D eigenvalue weighted by atomic mass is 9.92. The van der Waals surface area contributed by atoms with Gasteiger partial charge in [-0.25, -0.2) is 9.48 Å². The molecule has 0 saturated heterocycles. The number of fused-ring (bicyclic) bond motifs is 1. The highest BCUT2D eigenvalue weighted by Crippen LogP contribution is 2.32. The Morgan fingerprint density at radius 1 is 1.00 bits per heavy atom. The first-order valence-electron chi connectivity index (χ1n) is 13.2. The zero-order valence-corrected chi connectivity index (χ0v) is 25.8. The van der Waals surface area contributed by atoms with Crippen LogP contribution in [-0.4, -0.2) is 30.4 Å². The number of carbonyl (C=O) groups is 1. The van der Waals surface area contributed by atoms with E-state index in [0.717, 1.165) is 32.5 Å². The number of nitrogens with zero attached hydrogens (tertiary/aromatic N) is 5. The maximum atomic E-state index is 13.1. The average molecular weight is 609 g/mol. The molecule has 11 heteroatoms. The number of benzene rings is 2. The van der Waals surface area contributed by atoms with Crippen LogP contribution in [0.3, 0.4) is 0 Å². The fourth-order valence-corrected chi connectivity index (χ4v) is 5.46. The fourth-order valence-electron chi connectivity index (χ4n) is 4.21. The Balaban J connectivity index is 1.33. The molecule has 5 aromatic rings. The molecule has 212 valence electrons. The smallest absolute Gasteiger partial charge is 0.320 e. The molecule has 5 rings (SSSR count). The van der Waals surface area contributed by atoms with Gasteiger partial charge in [0.05, 0.1) is 21.4 Å². The summed E-state index contributed by atoms with van der Waals surface area (Å²) >= 11 is 14.0. The van der Waals surface area contributed by atoms with Gasteiger partial charge < -0.3 is 5.32 Å². The molecular formula is C30H31Cl2N7OS. The number of halogens is 2. The van der Waals surface area contributed by atoms with Gasteiger partial charge in [-0.3, -0.25) is 9.72 Å². The zero-order valence-electron chi connectivity index (χ0n) is 23.4. The van der Waals surface area contributed by atoms with Crippen molar-refractivity contribution in [1.29, 1.82) is 0 Å². The first-order valence-corrected chi connectivity index (χ1v) is 14.8. The minimum absolute atomic E-state index is 0.226. The summed E-state index contributed by atoms with van der Waals surface area (Å²) in [6.45, 7) is 10.7. The Labute approximate surface area is 253 Å². The summed E-state index contributed by atoms with van der Waals surface area (Å²) in [4.78, 5) is 15.2. The summed E-state index contributed by atoms with van der Waals surface area (Å²) < 4.78 is 3.70. The molecule has 0 aliphatic carbocycles. The van der Waals surface area contributed by atoms with Crippen LogP contribution >= 0.6 is 35.0 Å². The second-order valence-corrected chi connectivity index (χ2v) is 12.9. The number of urea groups is 1. The molecule has 8 nitrogen and oxygen atoms in total. The second kappa shape index (κ2) is 11.8. The summed E-state index contributed by atoms with van der Waals surface area (Å²) in [5.41, 5.74) is 3.10. The van der Waals surface area contributed by atoms with Gasteiger partial charge in [0.1, 0.15) is 11.6 Å². The SMILES string of the molecule is CC(C)c1nnc2ccc(Sc3ccccc3CNC(=O)Nc3cc(C(C)(C)C)nn3-c3ccc(Cl)c(Cl)c3)cn12. The molecule has 2 N–H and O–H groups in total. The van der Waals surface area contributed by atoms with E-state index in [0.29, 0.717) is 28.1 Å². The zero-order chi connectivity index (χ0) is 29.3. The first-order chi connectivity index (χ1) is 19.5. The minimum atomic E-state index is -0.348. The maximum absolute atomic E-state index is 13.1. The molecule has 0 atom stereocenters. The average Bonchev–Trinajstić information content (AvgIpc) is 3.54. The summed E-state index contributed by atoms with van der Waals surface area (Å²) in [5, 5.41) is 20.1. The lowest BCUT2D eigenvalue weighted by Crippen LogP contribution is -2.29. The highest BCUT2D eigenvalue weighted by molar-refractivity contribution is 7.99. The quantitative estimate of drug-likeness (QED) is 0.195. The number of anilines is 1. The topological polar surface area (TPSA) is 89.1 Å². The van der Waals surface area contributed by atoms with Gasteiger partial charge in [-0.15, -0.1) is 10.2 Å². The van der Waals surface area contributed by atoms with Gasteiger partial charge in [0.2, 0.25) is 0 Å². The van der Waals surface area contributed by atoms with Crippen molar-refractivity contribution in [2.75, 3.05) is 5.32 Å². The van der Waals surface area contributed by atoms with E-state index in [-0.39, 0.29) is 17.4 Å². The molecule has 0 spiro atoms. The predicted molar refractivity (Wildman–Crippen MR) is 166 cm³/mol. The molecular weight excluding hydrogens is 577 g/mol. The lowest BCUT2D eigenvalue weighted by Gasteiger charge is -2.14. The number of amides is 2. The molecule has 3 heterocycles. The monoisotopic (exact) mass is 607 g/mol. The Kier molecular flexibility index (Phi) is 8.31. The molecule has 41 heavy (non-hydrogen) atoms. The second-order valence-electron chi connectivity index (χ2n) is 11.0. The van der Waals surface area contributed by atoms with E-state index in [9.17, 15) is 4.79 Å². The fraction of sp³-hybridized carbons (Fsp3) is 0.267. The lowest BCUT2D eigenvalue weighted by molar-refractivity contribution is 0.251. The molecule has 2 aromatic carbocycles. The number of rotatable bonds is 7. The van der Waals surface area contributed by atoms with E-state index >= 15 is 0 Å². The molecule has 2 amide bonds. The Morgan fingerprint density at radius 2 is 1.78 bits per heavy atom. The molecule has 0 saturated carbocycles. The van der Waals surface area contributed by atoms with E-state index in [4.69, 9.17) is 28.3 Å². The van der Waals surface area contributed by atoms with Gasteiger partial charge in [0, 0.05) is 39.9 Å². The third-order valence-electron chi connectivity index (χ3n) is 6.42. The largest absolute Gasteiger partial charge is 0.334 e. The molecule has 3 aromatic heterocycles. The summed E-state index contributed by atoms with van der Waals surface area (Å²) in [5.74, 6) is 1.70. The molecule has 0 fully saturated rings. The molecule has 0 bridgehead atoms. The van der Waals surface area contributed by atoms with Gasteiger partial charge in [0.25, 0.3) is 0 Å². The van der Waals surface area contributed by atoms with Crippen molar-refractivity contribution >= 4 is 52.5 Å². The summed E-state index contributed by atoms with van der Waals surface area (Å²) in [6, 6.07) is 18.8. The molecule has 0 aliphatic rings. The van der Waals surface area contributed by atoms with E-state index in [1.807, 2.05) is 52.9 Å². The summed E-state index contributed by atoms with van der Waals surface area (Å²) in [6.07, 6.45) is 2.06. The van der Waals surface area contributed by atoms with Crippen LogP contribution in [0, 0.1) is 0 Å². The van der Waals surface area contributed by atoms with Crippen LogP contribution in [0.5, 0.6) is 0 Å². The van der Waals surface area contributed by atoms with Crippen LogP contribution in [0.2, 0.25) is 10.0 Å². The van der Waals surface area contributed by atoms with E-state index in [1.165, 1.54) is 0 Å². The number of carbonyl (C=O) groups excluding carboxylic acids is 1. The van der Waals surface area contributed by atoms with Gasteiger partial charge >= 0.3 is 6.03 Å². The van der Waals surface area contributed by atoms with Gasteiger partial charge in [0.15, 0.2) is 5.65 Å². The predicted octanol–water partition coefficient (Wildman–Crippen LogP) is 8.12. The van der Waals surface area contributed by atoms with Crippen molar-refractivity contribution in [2.24, 2.45) is 0 Å². The van der Waals surface area contributed by atoms with Crippen molar-refractivity contribution in [3.8, 4) is 5.69 Å². The normalized spacial score (nSPS) is 11.8. The van der Waals surface area contributed by atoms with E-state index < -0.39 is 0 Å². The number of hydrogen-bond donors (Lipinski definition) is 2. The highest BCUT2D eigenvalue weighted by atomic mass is 35.5. The third-order valence-corrected chi connectivity index (χ3v) is 8.26. The standard InChI is InChI=1S/C30H31Cl2N7OS/c1-18(2)28-36-35-26-13-11-21(17-38(26)28)41-24-9-7-6-8-19(24)16-33-29(40)34-27-15-25(30(3,4)5)37-39(27)20-10-12-22(31)23(32)14-20/h6-15,17-18H,16H2,1-5H3,(H2,33,34,40). The number of hydrogen-bond acceptors (Lipinski definition) is 5. The number of nitrogens with one attached hydrogen (secondary N) is 2. The first kappa shape index (κ1) is 29.0. The van der Waals surface area contributed by atoms with Crippen molar-refractivity contribution in [2.45, 2.75) is 62.3 Å². The van der Waals surface area contributed by atoms with Crippen molar-refractivity contribution in [1.82, 2.24) is 29.7 Å². The van der Waals surface area contributed by atoms with Gasteiger partial charge in [-0.05, 0) is 42.0 Å². The van der Waals surface area contributed by atoms with Crippen LogP contribution in [-0.2, 0) is 12.0 Å². The van der Waals surface area contributed by atoms with Crippen LogP contribution in [0.15, 0.2) is 76.7 Å². The van der Waals surface area contributed by atoms with Crippen LogP contribution < -0.4 is 10.6 Å². The molecule has 0 unspecified atom stereocenters. The van der Waals surface area contributed by atoms with Crippen molar-refractivity contribution in [3.05, 3.63) is 94.0 Å². The Morgan fingerprint density at radius 3 is 2.51 bits per heavy atom. The molecule has 0 radical (unpaired) electrons. The Hall–Kier alpha value is -3.53. The molecule has 0 aliphatic heterocycles. The van der Waals surface area contributed by atoms with Crippen LogP contribution in [0.1, 0.15) is 57.6 Å². The third kappa shape index (κ3) is 6.53. The highest BCUT2D eigenvalue weighted by Gasteiger charge is 2.22. The number of pyridine rings is 1. The van der Waals surface area contributed by atoms with Crippen LogP contribution in [0.4, 0.5) is 10.6 Å².